The molecule has 1 fully saturated rings. The monoisotopic (exact) mass is 422 g/mol. The Labute approximate surface area is 183 Å². The molecule has 1 N–H and O–H groups in total. The number of esters is 1. The van der Waals surface area contributed by atoms with Gasteiger partial charge < -0.3 is 15.0 Å². The first-order chi connectivity index (χ1) is 14.9. The maximum absolute atomic E-state index is 13.1. The fourth-order valence-electron chi connectivity index (χ4n) is 3.99. The second-order valence-electron chi connectivity index (χ2n) is 8.13. The molecule has 0 saturated carbocycles. The van der Waals surface area contributed by atoms with Crippen LogP contribution in [0.4, 0.5) is 5.69 Å². The van der Waals surface area contributed by atoms with Crippen molar-refractivity contribution < 1.29 is 19.1 Å². The fourth-order valence-corrected chi connectivity index (χ4v) is 3.99. The Balaban J connectivity index is 1.77. The number of ether oxygens (including phenoxy) is 1. The minimum Gasteiger partial charge on any atom is -0.447 e. The number of hydrogen-bond acceptors (Lipinski definition) is 4. The van der Waals surface area contributed by atoms with E-state index in [0.29, 0.717) is 37.2 Å². The van der Waals surface area contributed by atoms with Gasteiger partial charge >= 0.3 is 5.97 Å². The van der Waals surface area contributed by atoms with Crippen LogP contribution < -0.4 is 5.32 Å². The van der Waals surface area contributed by atoms with Crippen LogP contribution >= 0.6 is 0 Å². The molecule has 2 aromatic rings. The second kappa shape index (κ2) is 10.2. The zero-order valence-electron chi connectivity index (χ0n) is 18.4. The molecule has 0 spiro atoms. The van der Waals surface area contributed by atoms with E-state index >= 15 is 0 Å². The summed E-state index contributed by atoms with van der Waals surface area (Å²) in [4.78, 5) is 39.8. The van der Waals surface area contributed by atoms with E-state index < -0.39 is 23.9 Å². The normalized spacial score (nSPS) is 17.0. The molecule has 0 aliphatic carbocycles. The first-order valence-corrected chi connectivity index (χ1v) is 10.8. The third-order valence-corrected chi connectivity index (χ3v) is 5.47. The smallest absolute Gasteiger partial charge is 0.311 e. The van der Waals surface area contributed by atoms with Crippen molar-refractivity contribution in [2.75, 3.05) is 18.4 Å². The number of likely N-dealkylation sites (tertiary alicyclic amines) is 1. The molecule has 6 heteroatoms. The number of benzene rings is 2. The molecule has 0 aromatic heterocycles. The molecule has 1 aliphatic rings. The van der Waals surface area contributed by atoms with E-state index in [1.807, 2.05) is 57.2 Å². The molecule has 2 unspecified atom stereocenters. The highest BCUT2D eigenvalue weighted by molar-refractivity contribution is 5.96. The lowest BCUT2D eigenvalue weighted by atomic mass is 9.97. The SMILES string of the molecule is CCC(=O)N1CCCC(C(=O)OC(C(=O)Nc2cc(C)cc(C)c2)c2ccccc2)C1. The standard InChI is InChI=1S/C25H30N2O4/c1-4-22(28)27-12-8-11-20(16-27)25(30)31-23(19-9-6-5-7-10-19)24(29)26-21-14-17(2)13-18(3)15-21/h5-7,9-10,13-15,20,23H,4,8,11-12,16H2,1-3H3,(H,26,29). The van der Waals surface area contributed by atoms with Gasteiger partial charge in [0.15, 0.2) is 0 Å². The van der Waals surface area contributed by atoms with Gasteiger partial charge in [0.05, 0.1) is 5.92 Å². The number of nitrogens with one attached hydrogen (secondary N) is 1. The zero-order chi connectivity index (χ0) is 22.4. The van der Waals surface area contributed by atoms with Crippen molar-refractivity contribution in [1.29, 1.82) is 0 Å². The molecule has 1 heterocycles. The number of rotatable bonds is 6. The van der Waals surface area contributed by atoms with E-state index in [2.05, 4.69) is 5.32 Å². The van der Waals surface area contributed by atoms with Gasteiger partial charge in [0, 0.05) is 30.8 Å². The van der Waals surface area contributed by atoms with Gasteiger partial charge in [0.2, 0.25) is 12.0 Å². The number of amides is 2. The van der Waals surface area contributed by atoms with E-state index in [9.17, 15) is 14.4 Å². The van der Waals surface area contributed by atoms with E-state index in [1.54, 1.807) is 17.0 Å². The van der Waals surface area contributed by atoms with Crippen molar-refractivity contribution in [2.45, 2.75) is 46.1 Å². The lowest BCUT2D eigenvalue weighted by molar-refractivity contribution is -0.161. The summed E-state index contributed by atoms with van der Waals surface area (Å²) in [5, 5.41) is 2.89. The first-order valence-electron chi connectivity index (χ1n) is 10.8. The maximum atomic E-state index is 13.1. The third kappa shape index (κ3) is 5.94. The Kier molecular flexibility index (Phi) is 7.45. The van der Waals surface area contributed by atoms with Gasteiger partial charge in [-0.3, -0.25) is 14.4 Å². The minimum atomic E-state index is -1.06. The Morgan fingerprint density at radius 3 is 2.42 bits per heavy atom. The van der Waals surface area contributed by atoms with Crippen LogP contribution in [0.2, 0.25) is 0 Å². The third-order valence-electron chi connectivity index (χ3n) is 5.47. The lowest BCUT2D eigenvalue weighted by Crippen LogP contribution is -2.43. The molecular formula is C25H30N2O4. The van der Waals surface area contributed by atoms with Gasteiger partial charge in [-0.05, 0) is 49.9 Å². The Bertz CT molecular complexity index is 922. The van der Waals surface area contributed by atoms with Gasteiger partial charge in [0.25, 0.3) is 5.91 Å². The van der Waals surface area contributed by atoms with E-state index in [4.69, 9.17) is 4.74 Å². The minimum absolute atomic E-state index is 0.0321. The van der Waals surface area contributed by atoms with E-state index in [1.165, 1.54) is 0 Å². The van der Waals surface area contributed by atoms with Crippen molar-refractivity contribution >= 4 is 23.5 Å². The van der Waals surface area contributed by atoms with Crippen molar-refractivity contribution in [1.82, 2.24) is 4.90 Å². The number of carbonyl (C=O) groups is 3. The average molecular weight is 423 g/mol. The van der Waals surface area contributed by atoms with Crippen molar-refractivity contribution in [3.8, 4) is 0 Å². The molecule has 1 aliphatic heterocycles. The summed E-state index contributed by atoms with van der Waals surface area (Å²) in [6, 6.07) is 14.8. The number of hydrogen-bond donors (Lipinski definition) is 1. The molecule has 2 amide bonds. The van der Waals surface area contributed by atoms with Crippen LogP contribution in [0.25, 0.3) is 0 Å². The molecular weight excluding hydrogens is 392 g/mol. The zero-order valence-corrected chi connectivity index (χ0v) is 18.4. The molecule has 6 nitrogen and oxygen atoms in total. The highest BCUT2D eigenvalue weighted by Gasteiger charge is 2.33. The van der Waals surface area contributed by atoms with E-state index in [-0.39, 0.29) is 5.91 Å². The topological polar surface area (TPSA) is 75.7 Å². The van der Waals surface area contributed by atoms with Crippen LogP contribution in [0.15, 0.2) is 48.5 Å². The first kappa shape index (κ1) is 22.5. The van der Waals surface area contributed by atoms with Gasteiger partial charge in [-0.15, -0.1) is 0 Å². The summed E-state index contributed by atoms with van der Waals surface area (Å²) < 4.78 is 5.74. The van der Waals surface area contributed by atoms with Crippen LogP contribution in [0.5, 0.6) is 0 Å². The number of piperidine rings is 1. The predicted molar refractivity (Wildman–Crippen MR) is 119 cm³/mol. The summed E-state index contributed by atoms with van der Waals surface area (Å²) in [7, 11) is 0. The van der Waals surface area contributed by atoms with Gasteiger partial charge in [-0.2, -0.15) is 0 Å². The summed E-state index contributed by atoms with van der Waals surface area (Å²) in [5.74, 6) is -1.24. The Morgan fingerprint density at radius 2 is 1.77 bits per heavy atom. The predicted octanol–water partition coefficient (Wildman–Crippen LogP) is 4.18. The van der Waals surface area contributed by atoms with Gasteiger partial charge in [0.1, 0.15) is 0 Å². The summed E-state index contributed by atoms with van der Waals surface area (Å²) in [5.41, 5.74) is 3.34. The number of carbonyl (C=O) groups excluding carboxylic acids is 3. The average Bonchev–Trinajstić information content (AvgIpc) is 2.76. The molecule has 0 radical (unpaired) electrons. The highest BCUT2D eigenvalue weighted by Crippen LogP contribution is 2.25. The van der Waals surface area contributed by atoms with Crippen LogP contribution in [0, 0.1) is 19.8 Å². The lowest BCUT2D eigenvalue weighted by Gasteiger charge is -2.32. The Hall–Kier alpha value is -3.15. The van der Waals surface area contributed by atoms with Gasteiger partial charge in [-0.25, -0.2) is 0 Å². The quantitative estimate of drug-likeness (QED) is 0.709. The van der Waals surface area contributed by atoms with Gasteiger partial charge in [-0.1, -0.05) is 43.3 Å². The van der Waals surface area contributed by atoms with Crippen molar-refractivity contribution in [3.63, 3.8) is 0 Å². The van der Waals surface area contributed by atoms with Crippen LogP contribution in [0.1, 0.15) is 49.0 Å². The molecule has 3 rings (SSSR count). The molecule has 31 heavy (non-hydrogen) atoms. The molecule has 0 bridgehead atoms. The van der Waals surface area contributed by atoms with E-state index in [0.717, 1.165) is 17.5 Å². The van der Waals surface area contributed by atoms with Crippen LogP contribution in [-0.4, -0.2) is 35.8 Å². The van der Waals surface area contributed by atoms with Crippen molar-refractivity contribution in [3.05, 3.63) is 65.2 Å². The second-order valence-corrected chi connectivity index (χ2v) is 8.13. The molecule has 2 aromatic carbocycles. The number of anilines is 1. The molecule has 1 saturated heterocycles. The summed E-state index contributed by atoms with van der Waals surface area (Å²) >= 11 is 0. The maximum Gasteiger partial charge on any atom is 0.311 e. The molecule has 2 atom stereocenters. The summed E-state index contributed by atoms with van der Waals surface area (Å²) in [6.45, 7) is 6.73. The highest BCUT2D eigenvalue weighted by atomic mass is 16.5. The fraction of sp³-hybridized carbons (Fsp3) is 0.400. The Morgan fingerprint density at radius 1 is 1.10 bits per heavy atom. The largest absolute Gasteiger partial charge is 0.447 e. The van der Waals surface area contributed by atoms with Crippen LogP contribution in [-0.2, 0) is 19.1 Å². The van der Waals surface area contributed by atoms with Crippen LogP contribution in [0.3, 0.4) is 0 Å². The molecule has 164 valence electrons. The summed E-state index contributed by atoms with van der Waals surface area (Å²) in [6.07, 6.45) is 0.738. The van der Waals surface area contributed by atoms with Crippen molar-refractivity contribution in [2.24, 2.45) is 5.92 Å². The number of nitrogens with zero attached hydrogens (tertiary/aromatic N) is 1. The number of aryl methyl sites for hydroxylation is 2.